The van der Waals surface area contributed by atoms with Crippen LogP contribution in [0.1, 0.15) is 5.56 Å². The van der Waals surface area contributed by atoms with Gasteiger partial charge in [-0.05, 0) is 6.07 Å². The van der Waals surface area contributed by atoms with E-state index in [0.29, 0.717) is 6.61 Å². The van der Waals surface area contributed by atoms with Crippen molar-refractivity contribution in [1.82, 2.24) is 0 Å². The average molecular weight is 259 g/mol. The van der Waals surface area contributed by atoms with Gasteiger partial charge >= 0.3 is 10.1 Å². The Kier molecular flexibility index (Phi) is 2.86. The van der Waals surface area contributed by atoms with Crippen molar-refractivity contribution in [1.29, 1.82) is 0 Å². The summed E-state index contributed by atoms with van der Waals surface area (Å²) in [5, 5.41) is 10.9. The van der Waals surface area contributed by atoms with Gasteiger partial charge < -0.3 is 4.74 Å². The van der Waals surface area contributed by atoms with Crippen molar-refractivity contribution >= 4 is 15.8 Å². The van der Waals surface area contributed by atoms with Gasteiger partial charge in [0.05, 0.1) is 17.6 Å². The summed E-state index contributed by atoms with van der Waals surface area (Å²) in [5.74, 6) is 0. The summed E-state index contributed by atoms with van der Waals surface area (Å²) < 4.78 is 35.9. The quantitative estimate of drug-likeness (QED) is 0.370. The number of hydrogen-bond donors (Lipinski definition) is 1. The van der Waals surface area contributed by atoms with E-state index in [9.17, 15) is 18.5 Å². The van der Waals surface area contributed by atoms with Crippen molar-refractivity contribution in [2.45, 2.75) is 17.4 Å². The van der Waals surface area contributed by atoms with Gasteiger partial charge in [-0.1, -0.05) is 12.1 Å². The van der Waals surface area contributed by atoms with Crippen LogP contribution < -0.4 is 0 Å². The zero-order valence-electron chi connectivity index (χ0n) is 8.57. The zero-order valence-corrected chi connectivity index (χ0v) is 9.38. The molecular formula is C9H9NO6S. The first kappa shape index (κ1) is 12.0. The van der Waals surface area contributed by atoms with E-state index in [-0.39, 0.29) is 18.1 Å². The fourth-order valence-corrected chi connectivity index (χ4v) is 2.28. The van der Waals surface area contributed by atoms with Crippen molar-refractivity contribution in [3.05, 3.63) is 33.9 Å². The van der Waals surface area contributed by atoms with E-state index < -0.39 is 25.6 Å². The molecule has 92 valence electrons. The van der Waals surface area contributed by atoms with Crippen molar-refractivity contribution < 1.29 is 22.6 Å². The van der Waals surface area contributed by atoms with Gasteiger partial charge in [0, 0.05) is 12.0 Å². The van der Waals surface area contributed by atoms with E-state index in [1.54, 1.807) is 0 Å². The van der Waals surface area contributed by atoms with Gasteiger partial charge in [-0.2, -0.15) is 8.42 Å². The molecule has 1 aliphatic heterocycles. The van der Waals surface area contributed by atoms with Gasteiger partial charge in [-0.3, -0.25) is 14.7 Å². The van der Waals surface area contributed by atoms with Crippen molar-refractivity contribution in [2.75, 3.05) is 6.61 Å². The average Bonchev–Trinajstić information content (AvgIpc) is 2.99. The summed E-state index contributed by atoms with van der Waals surface area (Å²) in [6, 6.07) is 3.81. The minimum atomic E-state index is -4.60. The smallest absolute Gasteiger partial charge is 0.301 e. The minimum absolute atomic E-state index is 0.106. The Bertz CT molecular complexity index is 563. The highest BCUT2D eigenvalue weighted by Gasteiger charge is 2.31. The Morgan fingerprint density at radius 1 is 1.53 bits per heavy atom. The van der Waals surface area contributed by atoms with Crippen LogP contribution in [0.3, 0.4) is 0 Å². The molecule has 1 aromatic rings. The highest BCUT2D eigenvalue weighted by Crippen LogP contribution is 2.30. The Hall–Kier alpha value is -1.51. The first-order valence-corrected chi connectivity index (χ1v) is 6.19. The third-order valence-electron chi connectivity index (χ3n) is 2.39. The molecule has 0 aliphatic carbocycles. The summed E-state index contributed by atoms with van der Waals surface area (Å²) in [7, 11) is -4.60. The molecule has 0 radical (unpaired) electrons. The first-order valence-electron chi connectivity index (χ1n) is 4.75. The van der Waals surface area contributed by atoms with E-state index >= 15 is 0 Å². The molecule has 1 unspecified atom stereocenters. The second kappa shape index (κ2) is 4.06. The summed E-state index contributed by atoms with van der Waals surface area (Å²) in [6.45, 7) is 0.507. The van der Waals surface area contributed by atoms with E-state index in [2.05, 4.69) is 0 Å². The van der Waals surface area contributed by atoms with Crippen LogP contribution in [-0.2, 0) is 21.3 Å². The molecule has 1 N–H and O–H groups in total. The number of para-hydroxylation sites is 1. The maximum absolute atomic E-state index is 11.0. The van der Waals surface area contributed by atoms with Gasteiger partial charge in [0.2, 0.25) is 0 Å². The molecule has 1 aliphatic rings. The molecule has 7 nitrogen and oxygen atoms in total. The van der Waals surface area contributed by atoms with Crippen molar-refractivity contribution in [2.24, 2.45) is 0 Å². The normalized spacial score (nSPS) is 19.0. The lowest BCUT2D eigenvalue weighted by molar-refractivity contribution is -0.388. The highest BCUT2D eigenvalue weighted by molar-refractivity contribution is 7.86. The van der Waals surface area contributed by atoms with Gasteiger partial charge in [-0.15, -0.1) is 0 Å². The third-order valence-corrected chi connectivity index (χ3v) is 3.28. The highest BCUT2D eigenvalue weighted by atomic mass is 32.2. The topological polar surface area (TPSA) is 110 Å². The van der Waals surface area contributed by atoms with Gasteiger partial charge in [0.15, 0.2) is 4.90 Å². The molecule has 0 amide bonds. The second-order valence-electron chi connectivity index (χ2n) is 3.66. The van der Waals surface area contributed by atoms with Gasteiger partial charge in [0.1, 0.15) is 0 Å². The lowest BCUT2D eigenvalue weighted by Crippen LogP contribution is -2.07. The predicted octanol–water partition coefficient (Wildman–Crippen LogP) is 0.783. The van der Waals surface area contributed by atoms with Gasteiger partial charge in [0.25, 0.3) is 5.69 Å². The molecule has 1 saturated heterocycles. The molecule has 0 aromatic heterocycles. The van der Waals surface area contributed by atoms with E-state index in [4.69, 9.17) is 9.29 Å². The summed E-state index contributed by atoms with van der Waals surface area (Å²) >= 11 is 0. The molecule has 1 atom stereocenters. The SMILES string of the molecule is O=[N+]([O-])c1c(CC2CO2)cccc1S(=O)(=O)O. The molecule has 1 heterocycles. The number of nitrogens with zero attached hydrogens (tertiary/aromatic N) is 1. The van der Waals surface area contributed by atoms with Crippen LogP contribution in [0.4, 0.5) is 5.69 Å². The number of benzene rings is 1. The van der Waals surface area contributed by atoms with E-state index in [1.807, 2.05) is 0 Å². The number of ether oxygens (including phenoxy) is 1. The Balaban J connectivity index is 2.55. The van der Waals surface area contributed by atoms with Crippen LogP contribution >= 0.6 is 0 Å². The first-order chi connectivity index (χ1) is 7.89. The number of nitro benzene ring substituents is 1. The summed E-state index contributed by atoms with van der Waals surface area (Å²) in [6.07, 6.45) is 0.157. The number of epoxide rings is 1. The van der Waals surface area contributed by atoms with E-state index in [1.165, 1.54) is 12.1 Å². The Morgan fingerprint density at radius 3 is 2.65 bits per heavy atom. The molecule has 0 spiro atoms. The standard InChI is InChI=1S/C9H9NO6S/c11-10(12)9-6(4-7-5-16-7)2-1-3-8(9)17(13,14)15/h1-3,7H,4-5H2,(H,13,14,15). The van der Waals surface area contributed by atoms with Crippen LogP contribution in [0.15, 0.2) is 23.1 Å². The molecule has 2 rings (SSSR count). The van der Waals surface area contributed by atoms with Crippen LogP contribution in [0.5, 0.6) is 0 Å². The number of rotatable bonds is 4. The monoisotopic (exact) mass is 259 g/mol. The molecule has 1 aromatic carbocycles. The maximum atomic E-state index is 11.0. The summed E-state index contributed by atoms with van der Waals surface area (Å²) in [5.41, 5.74) is -0.335. The lowest BCUT2D eigenvalue weighted by Gasteiger charge is -2.04. The number of hydrogen-bond acceptors (Lipinski definition) is 5. The zero-order chi connectivity index (χ0) is 12.6. The minimum Gasteiger partial charge on any atom is -0.373 e. The fraction of sp³-hybridized carbons (Fsp3) is 0.333. The molecule has 1 fully saturated rings. The number of nitro groups is 1. The molecular weight excluding hydrogens is 250 g/mol. The predicted molar refractivity (Wildman–Crippen MR) is 56.4 cm³/mol. The lowest BCUT2D eigenvalue weighted by atomic mass is 10.1. The largest absolute Gasteiger partial charge is 0.373 e. The Morgan fingerprint density at radius 2 is 2.18 bits per heavy atom. The van der Waals surface area contributed by atoms with Crippen LogP contribution in [0, 0.1) is 10.1 Å². The molecule has 0 saturated carbocycles. The van der Waals surface area contributed by atoms with Gasteiger partial charge in [-0.25, -0.2) is 0 Å². The van der Waals surface area contributed by atoms with E-state index in [0.717, 1.165) is 6.07 Å². The van der Waals surface area contributed by atoms with Crippen LogP contribution in [0.25, 0.3) is 0 Å². The fourth-order valence-electron chi connectivity index (χ4n) is 1.58. The van der Waals surface area contributed by atoms with Crippen LogP contribution in [0.2, 0.25) is 0 Å². The summed E-state index contributed by atoms with van der Waals surface area (Å²) in [4.78, 5) is 9.40. The second-order valence-corrected chi connectivity index (χ2v) is 5.05. The molecule has 0 bridgehead atoms. The van der Waals surface area contributed by atoms with Crippen LogP contribution in [-0.4, -0.2) is 30.6 Å². The van der Waals surface area contributed by atoms with Crippen molar-refractivity contribution in [3.8, 4) is 0 Å². The third kappa shape index (κ3) is 2.60. The maximum Gasteiger partial charge on any atom is 0.301 e. The Labute approximate surface area is 96.9 Å². The molecule has 8 heteroatoms. The molecule has 17 heavy (non-hydrogen) atoms. The van der Waals surface area contributed by atoms with Crippen molar-refractivity contribution in [3.63, 3.8) is 0 Å².